The molecule has 4 nitrogen and oxygen atoms in total. The first kappa shape index (κ1) is 17.2. The maximum absolute atomic E-state index is 13.5. The predicted molar refractivity (Wildman–Crippen MR) is 77.8 cm³/mol. The quantitative estimate of drug-likeness (QED) is 0.892. The number of amides is 1. The molecule has 0 radical (unpaired) electrons. The van der Waals surface area contributed by atoms with Gasteiger partial charge in [0.25, 0.3) is 0 Å². The highest BCUT2D eigenvalue weighted by Gasteiger charge is 2.31. The Kier molecular flexibility index (Phi) is 6.68. The third kappa shape index (κ3) is 4.06. The van der Waals surface area contributed by atoms with Crippen molar-refractivity contribution in [2.24, 2.45) is 0 Å². The second-order valence-electron chi connectivity index (χ2n) is 4.46. The lowest BCUT2D eigenvalue weighted by molar-refractivity contribution is -0.121. The van der Waals surface area contributed by atoms with Crippen molar-refractivity contribution in [2.75, 3.05) is 20.2 Å². The molecule has 7 heteroatoms. The molecule has 2 rings (SSSR count). The highest BCUT2D eigenvalue weighted by atomic mass is 35.5. The lowest BCUT2D eigenvalue weighted by atomic mass is 10.0. The maximum atomic E-state index is 13.5. The summed E-state index contributed by atoms with van der Waals surface area (Å²) in [5.74, 6) is -0.576. The minimum atomic E-state index is -0.477. The zero-order valence-corrected chi connectivity index (χ0v) is 12.6. The molecular weight excluding hydrogens is 306 g/mol. The van der Waals surface area contributed by atoms with E-state index >= 15 is 0 Å². The zero-order valence-electron chi connectivity index (χ0n) is 11.0. The van der Waals surface area contributed by atoms with Crippen LogP contribution >= 0.6 is 24.0 Å². The summed E-state index contributed by atoms with van der Waals surface area (Å²) < 4.78 is 19.0. The van der Waals surface area contributed by atoms with Crippen LogP contribution in [-0.2, 0) is 9.53 Å². The second kappa shape index (κ2) is 7.78. The Hall–Kier alpha value is -0.880. The lowest BCUT2D eigenvalue weighted by Crippen LogP contribution is -2.41. The molecule has 1 aromatic rings. The average molecular weight is 323 g/mol. The number of hydrogen-bond acceptors (Lipinski definition) is 3. The summed E-state index contributed by atoms with van der Waals surface area (Å²) in [5.41, 5.74) is 0.689. The van der Waals surface area contributed by atoms with Crippen molar-refractivity contribution in [3.05, 3.63) is 34.6 Å². The molecular formula is C13H17Cl2FN2O2. The molecule has 0 saturated carbocycles. The molecule has 0 aliphatic carbocycles. The summed E-state index contributed by atoms with van der Waals surface area (Å²) in [6.07, 6.45) is 0.386. The van der Waals surface area contributed by atoms with E-state index in [4.69, 9.17) is 16.3 Å². The van der Waals surface area contributed by atoms with E-state index in [2.05, 4.69) is 10.6 Å². The van der Waals surface area contributed by atoms with Gasteiger partial charge in [-0.05, 0) is 31.2 Å². The fourth-order valence-electron chi connectivity index (χ4n) is 2.17. The smallest absolute Gasteiger partial charge is 0.234 e. The van der Waals surface area contributed by atoms with Crippen LogP contribution in [0.4, 0.5) is 4.39 Å². The van der Waals surface area contributed by atoms with Crippen LogP contribution in [-0.4, -0.2) is 32.1 Å². The monoisotopic (exact) mass is 322 g/mol. The Morgan fingerprint density at radius 3 is 2.95 bits per heavy atom. The Labute approximate surface area is 128 Å². The van der Waals surface area contributed by atoms with Crippen molar-refractivity contribution in [2.45, 2.75) is 18.6 Å². The van der Waals surface area contributed by atoms with Crippen molar-refractivity contribution in [1.82, 2.24) is 10.6 Å². The van der Waals surface area contributed by atoms with Crippen LogP contribution in [0.5, 0.6) is 0 Å². The SMILES string of the molecule is CNCC(=O)NC1CCOC1c1ccc(Cl)c(F)c1.Cl. The largest absolute Gasteiger partial charge is 0.371 e. The van der Waals surface area contributed by atoms with Crippen LogP contribution < -0.4 is 10.6 Å². The minimum Gasteiger partial charge on any atom is -0.371 e. The molecule has 2 unspecified atom stereocenters. The lowest BCUT2D eigenvalue weighted by Gasteiger charge is -2.20. The first-order valence-corrected chi connectivity index (χ1v) is 6.50. The van der Waals surface area contributed by atoms with E-state index in [0.29, 0.717) is 18.6 Å². The average Bonchev–Trinajstić information content (AvgIpc) is 2.81. The van der Waals surface area contributed by atoms with Crippen LogP contribution in [0.15, 0.2) is 18.2 Å². The van der Waals surface area contributed by atoms with Crippen LogP contribution in [0.2, 0.25) is 5.02 Å². The van der Waals surface area contributed by atoms with Gasteiger partial charge < -0.3 is 15.4 Å². The number of hydrogen-bond donors (Lipinski definition) is 2. The predicted octanol–water partition coefficient (Wildman–Crippen LogP) is 2.07. The van der Waals surface area contributed by atoms with Crippen molar-refractivity contribution in [1.29, 1.82) is 0 Å². The van der Waals surface area contributed by atoms with Gasteiger partial charge in [-0.2, -0.15) is 0 Å². The van der Waals surface area contributed by atoms with Gasteiger partial charge in [0.05, 0.1) is 17.6 Å². The van der Waals surface area contributed by atoms with Gasteiger partial charge in [-0.1, -0.05) is 17.7 Å². The van der Waals surface area contributed by atoms with E-state index < -0.39 is 5.82 Å². The number of nitrogens with one attached hydrogen (secondary N) is 2. The summed E-state index contributed by atoms with van der Waals surface area (Å²) in [4.78, 5) is 11.6. The fraction of sp³-hybridized carbons (Fsp3) is 0.462. The molecule has 1 heterocycles. The molecule has 1 aliphatic heterocycles. The molecule has 0 bridgehead atoms. The van der Waals surface area contributed by atoms with Crippen molar-refractivity contribution < 1.29 is 13.9 Å². The number of halogens is 3. The maximum Gasteiger partial charge on any atom is 0.234 e. The van der Waals surface area contributed by atoms with E-state index in [1.165, 1.54) is 12.1 Å². The fourth-order valence-corrected chi connectivity index (χ4v) is 2.29. The van der Waals surface area contributed by atoms with Gasteiger partial charge in [0.2, 0.25) is 5.91 Å². The minimum absolute atomic E-state index is 0. The molecule has 0 spiro atoms. The Morgan fingerprint density at radius 1 is 1.55 bits per heavy atom. The third-order valence-corrected chi connectivity index (χ3v) is 3.35. The van der Waals surface area contributed by atoms with Gasteiger partial charge >= 0.3 is 0 Å². The number of carbonyl (C=O) groups is 1. The number of rotatable bonds is 4. The topological polar surface area (TPSA) is 50.4 Å². The highest BCUT2D eigenvalue weighted by Crippen LogP contribution is 2.30. The second-order valence-corrected chi connectivity index (χ2v) is 4.87. The van der Waals surface area contributed by atoms with Crippen LogP contribution in [0.25, 0.3) is 0 Å². The van der Waals surface area contributed by atoms with Crippen LogP contribution in [0.1, 0.15) is 18.1 Å². The summed E-state index contributed by atoms with van der Waals surface area (Å²) in [6, 6.07) is 4.44. The first-order valence-electron chi connectivity index (χ1n) is 6.12. The molecule has 20 heavy (non-hydrogen) atoms. The highest BCUT2D eigenvalue weighted by molar-refractivity contribution is 6.30. The van der Waals surface area contributed by atoms with Gasteiger partial charge in [0.15, 0.2) is 0 Å². The number of ether oxygens (including phenoxy) is 1. The van der Waals surface area contributed by atoms with Gasteiger partial charge in [-0.25, -0.2) is 4.39 Å². The Morgan fingerprint density at radius 2 is 2.30 bits per heavy atom. The number of likely N-dealkylation sites (N-methyl/N-ethyl adjacent to an activating group) is 1. The van der Waals surface area contributed by atoms with E-state index in [1.807, 2.05) is 0 Å². The van der Waals surface area contributed by atoms with E-state index in [-0.39, 0.29) is 42.0 Å². The number of benzene rings is 1. The zero-order chi connectivity index (χ0) is 13.8. The molecule has 1 saturated heterocycles. The van der Waals surface area contributed by atoms with E-state index in [9.17, 15) is 9.18 Å². The van der Waals surface area contributed by atoms with E-state index in [1.54, 1.807) is 13.1 Å². The van der Waals surface area contributed by atoms with Crippen molar-refractivity contribution >= 4 is 29.9 Å². The standard InChI is InChI=1S/C13H16ClFN2O2.ClH/c1-16-7-12(18)17-11-4-5-19-13(11)8-2-3-9(14)10(15)6-8;/h2-3,6,11,13,16H,4-5,7H2,1H3,(H,17,18);1H. The molecule has 1 aliphatic rings. The molecule has 2 N–H and O–H groups in total. The number of carbonyl (C=O) groups excluding carboxylic acids is 1. The van der Waals surface area contributed by atoms with Gasteiger partial charge in [-0.15, -0.1) is 12.4 Å². The van der Waals surface area contributed by atoms with Gasteiger partial charge in [0, 0.05) is 6.61 Å². The van der Waals surface area contributed by atoms with Crippen LogP contribution in [0, 0.1) is 5.82 Å². The molecule has 1 fully saturated rings. The Bertz CT molecular complexity index is 474. The third-order valence-electron chi connectivity index (χ3n) is 3.05. The molecule has 0 aromatic heterocycles. The summed E-state index contributed by atoms with van der Waals surface area (Å²) in [7, 11) is 1.71. The van der Waals surface area contributed by atoms with Crippen molar-refractivity contribution in [3.63, 3.8) is 0 Å². The molecule has 112 valence electrons. The molecule has 1 amide bonds. The molecule has 1 aromatic carbocycles. The van der Waals surface area contributed by atoms with Gasteiger partial charge in [-0.3, -0.25) is 4.79 Å². The normalized spacial score (nSPS) is 21.4. The summed E-state index contributed by atoms with van der Waals surface area (Å²) in [5, 5.41) is 5.74. The van der Waals surface area contributed by atoms with Crippen molar-refractivity contribution in [3.8, 4) is 0 Å². The molecule has 2 atom stereocenters. The Balaban J connectivity index is 0.00000200. The van der Waals surface area contributed by atoms with E-state index in [0.717, 1.165) is 0 Å². The van der Waals surface area contributed by atoms with Gasteiger partial charge in [0.1, 0.15) is 11.9 Å². The van der Waals surface area contributed by atoms with Crippen LogP contribution in [0.3, 0.4) is 0 Å². The first-order chi connectivity index (χ1) is 9.11. The summed E-state index contributed by atoms with van der Waals surface area (Å²) in [6.45, 7) is 0.789. The summed E-state index contributed by atoms with van der Waals surface area (Å²) >= 11 is 5.66.